The molecule has 2 amide bonds. The number of hydrogen-bond donors (Lipinski definition) is 1. The van der Waals surface area contributed by atoms with E-state index in [1.54, 1.807) is 0 Å². The molecule has 1 aromatic carbocycles. The molecule has 29 heavy (non-hydrogen) atoms. The molecule has 0 bridgehead atoms. The average molecular weight is 411 g/mol. The number of anilines is 1. The summed E-state index contributed by atoms with van der Waals surface area (Å²) in [5.74, 6) is -1.12. The summed E-state index contributed by atoms with van der Waals surface area (Å²) < 4.78 is 38.9. The molecule has 0 saturated carbocycles. The third-order valence-electron chi connectivity index (χ3n) is 5.89. The van der Waals surface area contributed by atoms with Gasteiger partial charge in [-0.3, -0.25) is 14.5 Å². The van der Waals surface area contributed by atoms with Crippen LogP contribution >= 0.6 is 0 Å². The summed E-state index contributed by atoms with van der Waals surface area (Å²) in [6.45, 7) is 6.76. The van der Waals surface area contributed by atoms with Crippen molar-refractivity contribution in [2.45, 2.75) is 51.2 Å². The molecular weight excluding hydrogens is 383 g/mol. The van der Waals surface area contributed by atoms with E-state index >= 15 is 0 Å². The second-order valence-corrected chi connectivity index (χ2v) is 8.53. The van der Waals surface area contributed by atoms with E-state index in [2.05, 4.69) is 24.1 Å². The van der Waals surface area contributed by atoms with Gasteiger partial charge < -0.3 is 10.2 Å². The summed E-state index contributed by atoms with van der Waals surface area (Å²) in [6, 6.07) is 4.67. The van der Waals surface area contributed by atoms with Gasteiger partial charge in [0.05, 0.1) is 11.5 Å². The molecular formula is C21H28F3N3O2. The predicted octanol–water partition coefficient (Wildman–Crippen LogP) is 3.44. The number of nitrogens with zero attached hydrogens (tertiary/aromatic N) is 2. The standard InChI is InChI=1S/C21H28F3N3O2/c1-20(2,26-9-4-3-5-10-26)14-25-19(29)15-11-18(28)27(13-15)17-8-6-7-16(12-17)21(22,23)24/h6-8,12,15H,3-5,9-11,13-14H2,1-2H3,(H,25,29). The van der Waals surface area contributed by atoms with Crippen LogP contribution in [0.3, 0.4) is 0 Å². The van der Waals surface area contributed by atoms with E-state index in [1.165, 1.54) is 23.5 Å². The van der Waals surface area contributed by atoms with Crippen molar-refractivity contribution in [3.05, 3.63) is 29.8 Å². The van der Waals surface area contributed by atoms with Gasteiger partial charge in [0, 0.05) is 30.7 Å². The van der Waals surface area contributed by atoms with Crippen LogP contribution in [0.25, 0.3) is 0 Å². The molecule has 2 aliphatic rings. The Bertz CT molecular complexity index is 758. The Kier molecular flexibility index (Phi) is 6.22. The molecule has 1 atom stereocenters. The summed E-state index contributed by atoms with van der Waals surface area (Å²) in [6.07, 6.45) is -0.933. The minimum absolute atomic E-state index is 0.00617. The van der Waals surface area contributed by atoms with Crippen molar-refractivity contribution < 1.29 is 22.8 Å². The molecule has 1 aromatic rings. The van der Waals surface area contributed by atoms with Crippen molar-refractivity contribution in [3.8, 4) is 0 Å². The van der Waals surface area contributed by atoms with E-state index in [0.717, 1.165) is 38.1 Å². The fourth-order valence-corrected chi connectivity index (χ4v) is 4.04. The Hall–Kier alpha value is -2.09. The van der Waals surface area contributed by atoms with Crippen molar-refractivity contribution in [1.29, 1.82) is 0 Å². The van der Waals surface area contributed by atoms with Gasteiger partial charge in [-0.15, -0.1) is 0 Å². The maximum atomic E-state index is 13.0. The summed E-state index contributed by atoms with van der Waals surface area (Å²) in [5.41, 5.74) is -0.813. The topological polar surface area (TPSA) is 52.7 Å². The molecule has 0 radical (unpaired) electrons. The van der Waals surface area contributed by atoms with E-state index in [4.69, 9.17) is 0 Å². The number of likely N-dealkylation sites (tertiary alicyclic amines) is 1. The SMILES string of the molecule is CC(C)(CNC(=O)C1CC(=O)N(c2cccc(C(F)(F)F)c2)C1)N1CCCCC1. The van der Waals surface area contributed by atoms with Gasteiger partial charge in [0.15, 0.2) is 0 Å². The second-order valence-electron chi connectivity index (χ2n) is 8.53. The van der Waals surface area contributed by atoms with Gasteiger partial charge >= 0.3 is 6.18 Å². The number of piperidine rings is 1. The molecule has 2 aliphatic heterocycles. The first-order valence-corrected chi connectivity index (χ1v) is 10.1. The maximum Gasteiger partial charge on any atom is 0.416 e. The highest BCUT2D eigenvalue weighted by Gasteiger charge is 2.37. The average Bonchev–Trinajstić information content (AvgIpc) is 3.08. The highest BCUT2D eigenvalue weighted by atomic mass is 19.4. The Morgan fingerprint density at radius 3 is 2.52 bits per heavy atom. The second kappa shape index (κ2) is 8.34. The van der Waals surface area contributed by atoms with Crippen molar-refractivity contribution in [2.24, 2.45) is 5.92 Å². The molecule has 2 fully saturated rings. The number of alkyl halides is 3. The van der Waals surface area contributed by atoms with Gasteiger partial charge in [0.2, 0.25) is 11.8 Å². The molecule has 0 aromatic heterocycles. The van der Waals surface area contributed by atoms with Crippen molar-refractivity contribution in [3.63, 3.8) is 0 Å². The van der Waals surface area contributed by atoms with E-state index in [0.29, 0.717) is 6.54 Å². The number of halogens is 3. The number of rotatable bonds is 5. The zero-order valence-electron chi connectivity index (χ0n) is 16.9. The van der Waals surface area contributed by atoms with Gasteiger partial charge in [0.25, 0.3) is 0 Å². The Morgan fingerprint density at radius 1 is 1.17 bits per heavy atom. The summed E-state index contributed by atoms with van der Waals surface area (Å²) in [4.78, 5) is 28.6. The number of amides is 2. The van der Waals surface area contributed by atoms with Crippen LogP contribution in [-0.2, 0) is 15.8 Å². The van der Waals surface area contributed by atoms with Gasteiger partial charge in [0.1, 0.15) is 0 Å². The van der Waals surface area contributed by atoms with E-state index in [1.807, 2.05) is 0 Å². The molecule has 3 rings (SSSR count). The van der Waals surface area contributed by atoms with E-state index in [-0.39, 0.29) is 36.0 Å². The first-order chi connectivity index (χ1) is 13.6. The maximum absolute atomic E-state index is 13.0. The monoisotopic (exact) mass is 411 g/mol. The Balaban J connectivity index is 1.60. The summed E-state index contributed by atoms with van der Waals surface area (Å²) in [5, 5.41) is 2.95. The molecule has 2 saturated heterocycles. The van der Waals surface area contributed by atoms with Crippen molar-refractivity contribution in [2.75, 3.05) is 31.1 Å². The van der Waals surface area contributed by atoms with Crippen LogP contribution in [0.5, 0.6) is 0 Å². The number of nitrogens with one attached hydrogen (secondary N) is 1. The lowest BCUT2D eigenvalue weighted by atomic mass is 9.98. The Labute approximate surface area is 169 Å². The van der Waals surface area contributed by atoms with Crippen LogP contribution < -0.4 is 10.2 Å². The third kappa shape index (κ3) is 5.10. The lowest BCUT2D eigenvalue weighted by Crippen LogP contribution is -2.54. The first kappa shape index (κ1) is 21.6. The molecule has 5 nitrogen and oxygen atoms in total. The minimum Gasteiger partial charge on any atom is -0.354 e. The zero-order chi connectivity index (χ0) is 21.2. The molecule has 160 valence electrons. The number of hydrogen-bond acceptors (Lipinski definition) is 3. The molecule has 2 heterocycles. The molecule has 1 unspecified atom stereocenters. The normalized spacial score (nSPS) is 21.5. The molecule has 8 heteroatoms. The van der Waals surface area contributed by atoms with E-state index in [9.17, 15) is 22.8 Å². The van der Waals surface area contributed by atoms with Gasteiger partial charge in [-0.05, 0) is 58.0 Å². The lowest BCUT2D eigenvalue weighted by Gasteiger charge is -2.41. The van der Waals surface area contributed by atoms with Crippen molar-refractivity contribution >= 4 is 17.5 Å². The predicted molar refractivity (Wildman–Crippen MR) is 104 cm³/mol. The smallest absolute Gasteiger partial charge is 0.354 e. The number of benzene rings is 1. The lowest BCUT2D eigenvalue weighted by molar-refractivity contribution is -0.137. The molecule has 0 spiro atoms. The number of carbonyl (C=O) groups excluding carboxylic acids is 2. The quantitative estimate of drug-likeness (QED) is 0.808. The van der Waals surface area contributed by atoms with Gasteiger partial charge in [-0.25, -0.2) is 0 Å². The van der Waals surface area contributed by atoms with Crippen LogP contribution in [0.15, 0.2) is 24.3 Å². The van der Waals surface area contributed by atoms with Crippen LogP contribution in [0, 0.1) is 5.92 Å². The largest absolute Gasteiger partial charge is 0.416 e. The Morgan fingerprint density at radius 2 is 1.86 bits per heavy atom. The highest BCUT2D eigenvalue weighted by Crippen LogP contribution is 2.33. The van der Waals surface area contributed by atoms with Gasteiger partial charge in [-0.2, -0.15) is 13.2 Å². The third-order valence-corrected chi connectivity index (χ3v) is 5.89. The van der Waals surface area contributed by atoms with Crippen LogP contribution in [0.2, 0.25) is 0 Å². The van der Waals surface area contributed by atoms with Crippen LogP contribution in [0.1, 0.15) is 45.1 Å². The highest BCUT2D eigenvalue weighted by molar-refractivity contribution is 6.00. The fraction of sp³-hybridized carbons (Fsp3) is 0.619. The summed E-state index contributed by atoms with van der Waals surface area (Å²) in [7, 11) is 0. The van der Waals surface area contributed by atoms with Crippen LogP contribution in [-0.4, -0.2) is 48.4 Å². The van der Waals surface area contributed by atoms with E-state index < -0.39 is 17.7 Å². The minimum atomic E-state index is -4.48. The van der Waals surface area contributed by atoms with Gasteiger partial charge in [-0.1, -0.05) is 12.5 Å². The molecule has 0 aliphatic carbocycles. The summed E-state index contributed by atoms with van der Waals surface area (Å²) >= 11 is 0. The zero-order valence-corrected chi connectivity index (χ0v) is 16.9. The van der Waals surface area contributed by atoms with Crippen molar-refractivity contribution in [1.82, 2.24) is 10.2 Å². The first-order valence-electron chi connectivity index (χ1n) is 10.1. The van der Waals surface area contributed by atoms with Crippen LogP contribution in [0.4, 0.5) is 18.9 Å². The molecule has 1 N–H and O–H groups in total. The fourth-order valence-electron chi connectivity index (χ4n) is 4.04. The number of carbonyl (C=O) groups is 2.